The molecule has 1 fully saturated rings. The Morgan fingerprint density at radius 3 is 2.83 bits per heavy atom. The summed E-state index contributed by atoms with van der Waals surface area (Å²) in [7, 11) is 0. The molecule has 1 aromatic heterocycles. The third kappa shape index (κ3) is 2.18. The molecule has 18 heavy (non-hydrogen) atoms. The van der Waals surface area contributed by atoms with Crippen LogP contribution in [0.25, 0.3) is 11.0 Å². The maximum Gasteiger partial charge on any atom is 0.211 e. The fraction of sp³-hybridized carbons (Fsp3) is 0.400. The average Bonchev–Trinajstić information content (AvgIpc) is 3.13. The van der Waals surface area contributed by atoms with E-state index in [1.807, 2.05) is 30.3 Å². The predicted octanol–water partition coefficient (Wildman–Crippen LogP) is 3.10. The lowest BCUT2D eigenvalue weighted by atomic mass is 10.2. The van der Waals surface area contributed by atoms with Crippen molar-refractivity contribution >= 4 is 16.8 Å². The molecule has 0 bridgehead atoms. The van der Waals surface area contributed by atoms with E-state index in [4.69, 9.17) is 4.42 Å². The summed E-state index contributed by atoms with van der Waals surface area (Å²) in [5.41, 5.74) is 0.787. The molecule has 3 nitrogen and oxygen atoms in total. The summed E-state index contributed by atoms with van der Waals surface area (Å²) in [5, 5.41) is 0.996. The minimum absolute atomic E-state index is 0.0833. The van der Waals surface area contributed by atoms with Crippen molar-refractivity contribution in [2.45, 2.75) is 25.8 Å². The molecule has 94 valence electrons. The number of likely N-dealkylation sites (N-methyl/N-ethyl adjacent to an activating group) is 1. The number of fused-ring (bicyclic) bond motifs is 1. The van der Waals surface area contributed by atoms with Crippen LogP contribution >= 0.6 is 0 Å². The van der Waals surface area contributed by atoms with Gasteiger partial charge in [0.25, 0.3) is 0 Å². The van der Waals surface area contributed by atoms with Gasteiger partial charge in [-0.05, 0) is 31.5 Å². The second kappa shape index (κ2) is 4.58. The SMILES string of the molecule is CCN(CC(=O)c1cc2ccccc2o1)C1CC1. The second-order valence-electron chi connectivity index (χ2n) is 4.87. The van der Waals surface area contributed by atoms with Gasteiger partial charge in [0, 0.05) is 11.4 Å². The first-order valence-corrected chi connectivity index (χ1v) is 6.53. The average molecular weight is 243 g/mol. The van der Waals surface area contributed by atoms with E-state index in [2.05, 4.69) is 11.8 Å². The summed E-state index contributed by atoms with van der Waals surface area (Å²) in [6.45, 7) is 3.50. The lowest BCUT2D eigenvalue weighted by molar-refractivity contribution is 0.0903. The minimum Gasteiger partial charge on any atom is -0.453 e. The number of furan rings is 1. The van der Waals surface area contributed by atoms with E-state index >= 15 is 0 Å². The lowest BCUT2D eigenvalue weighted by Gasteiger charge is -2.17. The molecule has 0 spiro atoms. The van der Waals surface area contributed by atoms with E-state index in [9.17, 15) is 4.79 Å². The molecule has 0 saturated heterocycles. The van der Waals surface area contributed by atoms with Gasteiger partial charge in [-0.15, -0.1) is 0 Å². The van der Waals surface area contributed by atoms with Gasteiger partial charge in [-0.25, -0.2) is 0 Å². The number of hydrogen-bond donors (Lipinski definition) is 0. The molecule has 0 N–H and O–H groups in total. The molecule has 3 rings (SSSR count). The number of benzene rings is 1. The first-order chi connectivity index (χ1) is 8.78. The van der Waals surface area contributed by atoms with Gasteiger partial charge < -0.3 is 4.42 Å². The molecule has 3 heteroatoms. The largest absolute Gasteiger partial charge is 0.453 e. The van der Waals surface area contributed by atoms with Gasteiger partial charge >= 0.3 is 0 Å². The number of hydrogen-bond acceptors (Lipinski definition) is 3. The van der Waals surface area contributed by atoms with Crippen LogP contribution in [-0.4, -0.2) is 29.8 Å². The van der Waals surface area contributed by atoms with E-state index in [0.29, 0.717) is 18.3 Å². The lowest BCUT2D eigenvalue weighted by Crippen LogP contribution is -2.31. The summed E-state index contributed by atoms with van der Waals surface area (Å²) in [5.74, 6) is 0.565. The van der Waals surface area contributed by atoms with Crippen molar-refractivity contribution in [1.82, 2.24) is 4.90 Å². The zero-order chi connectivity index (χ0) is 12.5. The number of para-hydroxylation sites is 1. The van der Waals surface area contributed by atoms with E-state index in [0.717, 1.165) is 17.5 Å². The van der Waals surface area contributed by atoms with Crippen LogP contribution in [0.5, 0.6) is 0 Å². The van der Waals surface area contributed by atoms with Crippen LogP contribution in [0.15, 0.2) is 34.7 Å². The van der Waals surface area contributed by atoms with Crippen molar-refractivity contribution in [3.05, 3.63) is 36.1 Å². The Labute approximate surface area is 106 Å². The maximum absolute atomic E-state index is 12.2. The molecule has 2 aromatic rings. The number of carbonyl (C=O) groups excluding carboxylic acids is 1. The van der Waals surface area contributed by atoms with Crippen LogP contribution in [-0.2, 0) is 0 Å². The van der Waals surface area contributed by atoms with Gasteiger partial charge in [-0.3, -0.25) is 9.69 Å². The maximum atomic E-state index is 12.2. The Bertz CT molecular complexity index is 536. The summed E-state index contributed by atoms with van der Waals surface area (Å²) in [6, 6.07) is 10.2. The Morgan fingerprint density at radius 2 is 2.17 bits per heavy atom. The Balaban J connectivity index is 1.78. The zero-order valence-electron chi connectivity index (χ0n) is 10.6. The molecule has 1 aliphatic rings. The highest BCUT2D eigenvalue weighted by Crippen LogP contribution is 2.27. The predicted molar refractivity (Wildman–Crippen MR) is 70.8 cm³/mol. The van der Waals surface area contributed by atoms with Crippen molar-refractivity contribution in [2.24, 2.45) is 0 Å². The summed E-state index contributed by atoms with van der Waals surface area (Å²) in [6.07, 6.45) is 2.45. The first-order valence-electron chi connectivity index (χ1n) is 6.53. The molecular formula is C15H17NO2. The Hall–Kier alpha value is -1.61. The highest BCUT2D eigenvalue weighted by molar-refractivity contribution is 5.98. The van der Waals surface area contributed by atoms with E-state index in [1.54, 1.807) is 0 Å². The molecule has 0 aliphatic heterocycles. The number of rotatable bonds is 5. The fourth-order valence-electron chi connectivity index (χ4n) is 2.32. The molecule has 0 unspecified atom stereocenters. The summed E-state index contributed by atoms with van der Waals surface area (Å²) < 4.78 is 5.60. The molecule has 0 radical (unpaired) electrons. The number of Topliss-reactive ketones (excluding diaryl/α,β-unsaturated/α-hetero) is 1. The van der Waals surface area contributed by atoms with E-state index < -0.39 is 0 Å². The van der Waals surface area contributed by atoms with Crippen molar-refractivity contribution in [1.29, 1.82) is 0 Å². The topological polar surface area (TPSA) is 33.5 Å². The van der Waals surface area contributed by atoms with Crippen LogP contribution in [0, 0.1) is 0 Å². The van der Waals surface area contributed by atoms with Crippen LogP contribution < -0.4 is 0 Å². The van der Waals surface area contributed by atoms with Gasteiger partial charge in [0.1, 0.15) is 5.58 Å². The third-order valence-electron chi connectivity index (χ3n) is 3.52. The van der Waals surface area contributed by atoms with Gasteiger partial charge in [-0.1, -0.05) is 25.1 Å². The number of carbonyl (C=O) groups is 1. The van der Waals surface area contributed by atoms with E-state index in [-0.39, 0.29) is 5.78 Å². The Kier molecular flexibility index (Phi) is 2.92. The summed E-state index contributed by atoms with van der Waals surface area (Å²) in [4.78, 5) is 14.4. The molecule has 1 heterocycles. The molecule has 1 aliphatic carbocycles. The smallest absolute Gasteiger partial charge is 0.211 e. The number of nitrogens with zero attached hydrogens (tertiary/aromatic N) is 1. The van der Waals surface area contributed by atoms with Gasteiger partial charge in [0.05, 0.1) is 6.54 Å². The van der Waals surface area contributed by atoms with Crippen molar-refractivity contribution in [3.63, 3.8) is 0 Å². The molecule has 1 saturated carbocycles. The quantitative estimate of drug-likeness (QED) is 0.757. The minimum atomic E-state index is 0.0833. The monoisotopic (exact) mass is 243 g/mol. The van der Waals surface area contributed by atoms with Crippen molar-refractivity contribution < 1.29 is 9.21 Å². The number of ketones is 1. The summed E-state index contributed by atoms with van der Waals surface area (Å²) >= 11 is 0. The molecule has 1 aromatic carbocycles. The molecular weight excluding hydrogens is 226 g/mol. The van der Waals surface area contributed by atoms with Gasteiger partial charge in [0.2, 0.25) is 5.78 Å². The van der Waals surface area contributed by atoms with Gasteiger partial charge in [0.15, 0.2) is 5.76 Å². The van der Waals surface area contributed by atoms with E-state index in [1.165, 1.54) is 12.8 Å². The zero-order valence-corrected chi connectivity index (χ0v) is 10.6. The highest BCUT2D eigenvalue weighted by atomic mass is 16.3. The molecule has 0 atom stereocenters. The van der Waals surface area contributed by atoms with Gasteiger partial charge in [-0.2, -0.15) is 0 Å². The fourth-order valence-corrected chi connectivity index (χ4v) is 2.32. The standard InChI is InChI=1S/C15H17NO2/c1-2-16(12-7-8-12)10-13(17)15-9-11-5-3-4-6-14(11)18-15/h3-6,9,12H,2,7-8,10H2,1H3. The molecule has 0 amide bonds. The highest BCUT2D eigenvalue weighted by Gasteiger charge is 2.29. The van der Waals surface area contributed by atoms with Crippen molar-refractivity contribution in [3.8, 4) is 0 Å². The third-order valence-corrected chi connectivity index (χ3v) is 3.52. The Morgan fingerprint density at radius 1 is 1.39 bits per heavy atom. The first kappa shape index (κ1) is 11.5. The van der Waals surface area contributed by atoms with Crippen LogP contribution in [0.3, 0.4) is 0 Å². The van der Waals surface area contributed by atoms with Crippen molar-refractivity contribution in [2.75, 3.05) is 13.1 Å². The van der Waals surface area contributed by atoms with Crippen LogP contribution in [0.2, 0.25) is 0 Å². The second-order valence-corrected chi connectivity index (χ2v) is 4.87. The normalized spacial score (nSPS) is 15.4. The van der Waals surface area contributed by atoms with Crippen LogP contribution in [0.4, 0.5) is 0 Å². The van der Waals surface area contributed by atoms with Crippen LogP contribution in [0.1, 0.15) is 30.3 Å².